The number of rotatable bonds is 7. The number of anilines is 1. The highest BCUT2D eigenvalue weighted by molar-refractivity contribution is 7.85. The summed E-state index contributed by atoms with van der Waals surface area (Å²) in [7, 11) is -2.27. The molecule has 3 rings (SSSR count). The molecule has 0 bridgehead atoms. The Balaban J connectivity index is 0.00000108. The van der Waals surface area contributed by atoms with E-state index in [4.69, 9.17) is 20.4 Å². The van der Waals surface area contributed by atoms with Gasteiger partial charge in [0.05, 0.1) is 18.9 Å². The SMILES string of the molecule is COc1ccc(-c2ccc(C(=O)NC(C)(C)C)cc2C(=O)O)c(C(=O)Nc2ccc(C(=N)N)cc2)n1.CS(=O)(=O)O. The number of nitrogens with zero attached hydrogens (tertiary/aromatic N) is 1. The Labute approximate surface area is 237 Å². The summed E-state index contributed by atoms with van der Waals surface area (Å²) in [6, 6.07) is 13.6. The molecule has 0 saturated carbocycles. The number of hydrogen-bond acceptors (Lipinski definition) is 8. The van der Waals surface area contributed by atoms with E-state index in [0.717, 1.165) is 0 Å². The van der Waals surface area contributed by atoms with E-state index in [2.05, 4.69) is 15.6 Å². The lowest BCUT2D eigenvalue weighted by Gasteiger charge is -2.21. The number of carbonyl (C=O) groups excluding carboxylic acids is 2. The van der Waals surface area contributed by atoms with Crippen molar-refractivity contribution in [1.29, 1.82) is 5.41 Å². The maximum atomic E-state index is 13.2. The van der Waals surface area contributed by atoms with Gasteiger partial charge in [-0.25, -0.2) is 9.78 Å². The molecule has 0 spiro atoms. The Morgan fingerprint density at radius 3 is 1.98 bits per heavy atom. The second-order valence-electron chi connectivity index (χ2n) is 9.70. The van der Waals surface area contributed by atoms with Crippen molar-refractivity contribution in [3.05, 3.63) is 77.0 Å². The summed E-state index contributed by atoms with van der Waals surface area (Å²) in [5.41, 5.74) is 6.27. The van der Waals surface area contributed by atoms with Crippen LogP contribution in [-0.4, -0.2) is 65.6 Å². The Bertz CT molecular complexity index is 1570. The van der Waals surface area contributed by atoms with Crippen molar-refractivity contribution in [2.24, 2.45) is 5.73 Å². The highest BCUT2D eigenvalue weighted by atomic mass is 32.2. The number of carboxylic acids is 1. The lowest BCUT2D eigenvalue weighted by atomic mass is 9.95. The van der Waals surface area contributed by atoms with Crippen LogP contribution in [0.25, 0.3) is 11.1 Å². The average Bonchev–Trinajstić information content (AvgIpc) is 2.86. The van der Waals surface area contributed by atoms with Crippen LogP contribution in [0.2, 0.25) is 0 Å². The molecule has 218 valence electrons. The molecule has 0 aliphatic heterocycles. The third-order valence-corrected chi connectivity index (χ3v) is 5.04. The van der Waals surface area contributed by atoms with Gasteiger partial charge in [0.25, 0.3) is 21.9 Å². The van der Waals surface area contributed by atoms with Crippen LogP contribution in [0.15, 0.2) is 54.6 Å². The topological polar surface area (TPSA) is 222 Å². The number of methoxy groups -OCH3 is 1. The van der Waals surface area contributed by atoms with Gasteiger partial charge in [-0.3, -0.25) is 19.6 Å². The molecule has 41 heavy (non-hydrogen) atoms. The van der Waals surface area contributed by atoms with Gasteiger partial charge in [0, 0.05) is 34.0 Å². The van der Waals surface area contributed by atoms with Crippen molar-refractivity contribution in [3.8, 4) is 17.0 Å². The Kier molecular flexibility index (Phi) is 10.3. The number of ether oxygens (including phenoxy) is 1. The van der Waals surface area contributed by atoms with Gasteiger partial charge >= 0.3 is 5.97 Å². The number of pyridine rings is 1. The molecule has 3 aromatic rings. The molecule has 2 aromatic carbocycles. The molecule has 0 aliphatic rings. The van der Waals surface area contributed by atoms with Crippen LogP contribution in [0.1, 0.15) is 57.5 Å². The lowest BCUT2D eigenvalue weighted by Crippen LogP contribution is -2.40. The van der Waals surface area contributed by atoms with Crippen LogP contribution in [0.5, 0.6) is 5.88 Å². The number of aromatic nitrogens is 1. The van der Waals surface area contributed by atoms with Crippen LogP contribution in [0.3, 0.4) is 0 Å². The van der Waals surface area contributed by atoms with Crippen molar-refractivity contribution < 1.29 is 37.2 Å². The highest BCUT2D eigenvalue weighted by Crippen LogP contribution is 2.30. The summed E-state index contributed by atoms with van der Waals surface area (Å²) >= 11 is 0. The summed E-state index contributed by atoms with van der Waals surface area (Å²) < 4.78 is 31.0. The quantitative estimate of drug-likeness (QED) is 0.135. The smallest absolute Gasteiger partial charge is 0.336 e. The van der Waals surface area contributed by atoms with Crippen molar-refractivity contribution in [2.75, 3.05) is 18.7 Å². The number of amidine groups is 1. The molecule has 0 saturated heterocycles. The zero-order chi connectivity index (χ0) is 31.1. The maximum Gasteiger partial charge on any atom is 0.336 e. The van der Waals surface area contributed by atoms with Crippen molar-refractivity contribution in [2.45, 2.75) is 26.3 Å². The van der Waals surface area contributed by atoms with Gasteiger partial charge in [-0.1, -0.05) is 6.07 Å². The largest absolute Gasteiger partial charge is 0.481 e. The molecular weight excluding hydrogens is 554 g/mol. The molecule has 0 unspecified atom stereocenters. The van der Waals surface area contributed by atoms with Gasteiger partial charge < -0.3 is 26.2 Å². The Hall–Kier alpha value is -4.82. The van der Waals surface area contributed by atoms with Crippen LogP contribution in [0.4, 0.5) is 5.69 Å². The van der Waals surface area contributed by atoms with E-state index >= 15 is 0 Å². The number of hydrogen-bond donors (Lipinski definition) is 6. The minimum Gasteiger partial charge on any atom is -0.481 e. The fraction of sp³-hybridized carbons (Fsp3) is 0.222. The molecule has 2 amide bonds. The van der Waals surface area contributed by atoms with Crippen molar-refractivity contribution in [3.63, 3.8) is 0 Å². The second kappa shape index (κ2) is 13.0. The minimum absolute atomic E-state index is 0.0700. The normalized spacial score (nSPS) is 11.0. The molecule has 1 heterocycles. The van der Waals surface area contributed by atoms with E-state index in [1.54, 1.807) is 24.3 Å². The van der Waals surface area contributed by atoms with E-state index in [1.165, 1.54) is 37.4 Å². The number of aromatic carboxylic acids is 1. The summed E-state index contributed by atoms with van der Waals surface area (Å²) in [6.45, 7) is 5.46. The molecule has 0 fully saturated rings. The maximum absolute atomic E-state index is 13.2. The van der Waals surface area contributed by atoms with E-state index in [9.17, 15) is 27.9 Å². The fourth-order valence-corrected chi connectivity index (χ4v) is 3.38. The predicted molar refractivity (Wildman–Crippen MR) is 153 cm³/mol. The van der Waals surface area contributed by atoms with E-state index < -0.39 is 33.4 Å². The van der Waals surface area contributed by atoms with E-state index in [-0.39, 0.29) is 39.7 Å². The van der Waals surface area contributed by atoms with Gasteiger partial charge in [-0.15, -0.1) is 0 Å². The summed E-state index contributed by atoms with van der Waals surface area (Å²) in [6.07, 6.45) is 0.715. The summed E-state index contributed by atoms with van der Waals surface area (Å²) in [5, 5.41) is 22.9. The summed E-state index contributed by atoms with van der Waals surface area (Å²) in [5.74, 6) is -2.24. The van der Waals surface area contributed by atoms with Crippen LogP contribution >= 0.6 is 0 Å². The van der Waals surface area contributed by atoms with Crippen LogP contribution < -0.4 is 21.1 Å². The molecular formula is C27H31N5O8S. The molecule has 0 aliphatic carbocycles. The fourth-order valence-electron chi connectivity index (χ4n) is 3.38. The number of benzene rings is 2. The second-order valence-corrected chi connectivity index (χ2v) is 11.2. The first-order valence-corrected chi connectivity index (χ1v) is 13.7. The van der Waals surface area contributed by atoms with Crippen molar-refractivity contribution in [1.82, 2.24) is 10.3 Å². The van der Waals surface area contributed by atoms with Gasteiger partial charge in [0.15, 0.2) is 0 Å². The van der Waals surface area contributed by atoms with Gasteiger partial charge in [0.1, 0.15) is 11.5 Å². The zero-order valence-corrected chi connectivity index (χ0v) is 23.8. The number of carboxylic acid groups (broad SMARTS) is 1. The highest BCUT2D eigenvalue weighted by Gasteiger charge is 2.23. The first-order valence-electron chi connectivity index (χ1n) is 11.8. The first kappa shape index (κ1) is 32.4. The number of nitrogens with one attached hydrogen (secondary N) is 3. The molecule has 14 heteroatoms. The monoisotopic (exact) mass is 585 g/mol. The number of carbonyl (C=O) groups is 3. The first-order chi connectivity index (χ1) is 18.9. The standard InChI is InChI=1S/C26H27N5O5.CH4O3S/c1-26(2,3)31-23(32)15-7-10-17(19(13-15)25(34)35)18-11-12-20(36-4)30-21(18)24(33)29-16-8-5-14(6-9-16)22(27)28;1-5(2,3)4/h5-13H,1-4H3,(H3,27,28)(H,29,33)(H,31,32)(H,34,35);1H3,(H,2,3,4). The molecule has 0 radical (unpaired) electrons. The lowest BCUT2D eigenvalue weighted by molar-refractivity contribution is 0.0697. The summed E-state index contributed by atoms with van der Waals surface area (Å²) in [4.78, 5) is 42.2. The number of nitrogen functional groups attached to an aromatic ring is 1. The third kappa shape index (κ3) is 10.0. The average molecular weight is 586 g/mol. The minimum atomic E-state index is -3.67. The molecule has 7 N–H and O–H groups in total. The molecule has 1 aromatic heterocycles. The number of amides is 2. The van der Waals surface area contributed by atoms with Crippen molar-refractivity contribution >= 4 is 39.4 Å². The number of nitrogens with two attached hydrogens (primary N) is 1. The molecule has 0 atom stereocenters. The third-order valence-electron chi connectivity index (χ3n) is 5.04. The van der Waals surface area contributed by atoms with Crippen LogP contribution in [-0.2, 0) is 10.1 Å². The van der Waals surface area contributed by atoms with E-state index in [1.807, 2.05) is 20.8 Å². The zero-order valence-electron chi connectivity index (χ0n) is 23.0. The predicted octanol–water partition coefficient (Wildman–Crippen LogP) is 3.02. The van der Waals surface area contributed by atoms with Gasteiger partial charge in [-0.2, -0.15) is 8.42 Å². The van der Waals surface area contributed by atoms with Gasteiger partial charge in [0.2, 0.25) is 5.88 Å². The molecule has 13 nitrogen and oxygen atoms in total. The van der Waals surface area contributed by atoms with Gasteiger partial charge in [-0.05, 0) is 68.8 Å². The Morgan fingerprint density at radius 1 is 0.951 bits per heavy atom. The van der Waals surface area contributed by atoms with E-state index in [0.29, 0.717) is 17.5 Å². The Morgan fingerprint density at radius 2 is 1.49 bits per heavy atom. The van der Waals surface area contributed by atoms with Crippen LogP contribution in [0, 0.1) is 5.41 Å².